The molecule has 1 atom stereocenters. The third-order valence-corrected chi connectivity index (χ3v) is 3.70. The Labute approximate surface area is 106 Å². The van der Waals surface area contributed by atoms with Gasteiger partial charge in [0.2, 0.25) is 0 Å². The molecule has 0 saturated heterocycles. The number of hydrogen-bond acceptors (Lipinski definition) is 2. The third kappa shape index (κ3) is 2.72. The second-order valence-electron chi connectivity index (χ2n) is 5.27. The Morgan fingerprint density at radius 2 is 2.24 bits per heavy atom. The number of carboxylic acids is 1. The molecule has 0 spiro atoms. The van der Waals surface area contributed by atoms with Crippen molar-refractivity contribution >= 4 is 23.3 Å². The van der Waals surface area contributed by atoms with Crippen LogP contribution in [0.1, 0.15) is 30.6 Å². The van der Waals surface area contributed by atoms with E-state index < -0.39 is 5.97 Å². The summed E-state index contributed by atoms with van der Waals surface area (Å²) in [5.41, 5.74) is 1.26. The molecular weight excluding hydrogens is 238 g/mol. The summed E-state index contributed by atoms with van der Waals surface area (Å²) >= 11 is 5.88. The molecule has 2 rings (SSSR count). The summed E-state index contributed by atoms with van der Waals surface area (Å²) < 4.78 is 0. The number of rotatable bonds is 4. The molecule has 1 aromatic carbocycles. The van der Waals surface area contributed by atoms with Gasteiger partial charge in [0, 0.05) is 11.6 Å². The number of nitrogens with one attached hydrogen (secondary N) is 1. The van der Waals surface area contributed by atoms with E-state index in [0.717, 1.165) is 6.54 Å². The molecule has 1 aromatic rings. The van der Waals surface area contributed by atoms with Gasteiger partial charge in [-0.2, -0.15) is 0 Å². The lowest BCUT2D eigenvalue weighted by molar-refractivity contribution is 0.0698. The Morgan fingerprint density at radius 3 is 2.76 bits per heavy atom. The smallest absolute Gasteiger partial charge is 0.337 e. The maximum absolute atomic E-state index is 11.0. The third-order valence-electron chi connectivity index (χ3n) is 3.47. The second kappa shape index (κ2) is 4.22. The minimum atomic E-state index is -0.931. The molecule has 1 fully saturated rings. The van der Waals surface area contributed by atoms with Crippen LogP contribution in [0.25, 0.3) is 0 Å². The highest BCUT2D eigenvalue weighted by atomic mass is 35.5. The van der Waals surface area contributed by atoms with Crippen LogP contribution in [0.15, 0.2) is 18.2 Å². The average Bonchev–Trinajstić information content (AvgIpc) is 2.83. The molecular formula is C13H16ClNO2. The van der Waals surface area contributed by atoms with Crippen molar-refractivity contribution in [3.63, 3.8) is 0 Å². The predicted molar refractivity (Wildman–Crippen MR) is 68.8 cm³/mol. The summed E-state index contributed by atoms with van der Waals surface area (Å²) in [5, 5.41) is 12.8. The van der Waals surface area contributed by atoms with E-state index in [4.69, 9.17) is 16.7 Å². The minimum Gasteiger partial charge on any atom is -0.478 e. The molecule has 3 nitrogen and oxygen atoms in total. The van der Waals surface area contributed by atoms with Gasteiger partial charge in [0.15, 0.2) is 0 Å². The highest BCUT2D eigenvalue weighted by molar-refractivity contribution is 6.31. The monoisotopic (exact) mass is 253 g/mol. The number of aromatic carboxylic acids is 1. The van der Waals surface area contributed by atoms with Crippen LogP contribution in [0.3, 0.4) is 0 Å². The number of anilines is 1. The maximum Gasteiger partial charge on any atom is 0.337 e. The molecule has 17 heavy (non-hydrogen) atoms. The van der Waals surface area contributed by atoms with Gasteiger partial charge in [0.25, 0.3) is 0 Å². The van der Waals surface area contributed by atoms with E-state index in [-0.39, 0.29) is 5.56 Å². The van der Waals surface area contributed by atoms with Gasteiger partial charge >= 0.3 is 5.97 Å². The standard InChI is InChI=1S/C13H16ClNO2/c1-13(2)6-8(13)7-15-11-5-9(14)3-4-10(11)12(16)17/h3-5,8,15H,6-7H2,1-2H3,(H,16,17). The Balaban J connectivity index is 2.09. The fourth-order valence-corrected chi connectivity index (χ4v) is 2.18. The van der Waals surface area contributed by atoms with Crippen LogP contribution < -0.4 is 5.32 Å². The fraction of sp³-hybridized carbons (Fsp3) is 0.462. The van der Waals surface area contributed by atoms with Crippen molar-refractivity contribution in [2.24, 2.45) is 11.3 Å². The van der Waals surface area contributed by atoms with Gasteiger partial charge in [0.1, 0.15) is 0 Å². The van der Waals surface area contributed by atoms with Crippen molar-refractivity contribution in [2.75, 3.05) is 11.9 Å². The lowest BCUT2D eigenvalue weighted by atomic mass is 10.1. The van der Waals surface area contributed by atoms with Crippen LogP contribution in [0.5, 0.6) is 0 Å². The van der Waals surface area contributed by atoms with Gasteiger partial charge in [-0.1, -0.05) is 25.4 Å². The first-order valence-corrected chi connectivity index (χ1v) is 6.04. The van der Waals surface area contributed by atoms with E-state index in [0.29, 0.717) is 22.0 Å². The molecule has 0 aliphatic heterocycles. The lowest BCUT2D eigenvalue weighted by Gasteiger charge is -2.10. The van der Waals surface area contributed by atoms with Crippen molar-refractivity contribution in [1.82, 2.24) is 0 Å². The maximum atomic E-state index is 11.0. The number of benzene rings is 1. The lowest BCUT2D eigenvalue weighted by Crippen LogP contribution is -2.10. The van der Waals surface area contributed by atoms with Crippen molar-refractivity contribution < 1.29 is 9.90 Å². The van der Waals surface area contributed by atoms with E-state index in [1.54, 1.807) is 12.1 Å². The van der Waals surface area contributed by atoms with E-state index >= 15 is 0 Å². The Hall–Kier alpha value is -1.22. The molecule has 1 aliphatic rings. The normalized spacial score (nSPS) is 21.0. The zero-order chi connectivity index (χ0) is 12.6. The highest BCUT2D eigenvalue weighted by Crippen LogP contribution is 2.51. The topological polar surface area (TPSA) is 49.3 Å². The quantitative estimate of drug-likeness (QED) is 0.864. The van der Waals surface area contributed by atoms with Gasteiger partial charge in [-0.25, -0.2) is 4.79 Å². The molecule has 0 aromatic heterocycles. The van der Waals surface area contributed by atoms with E-state index in [9.17, 15) is 4.79 Å². The first-order chi connectivity index (χ1) is 7.90. The van der Waals surface area contributed by atoms with Crippen molar-refractivity contribution in [3.05, 3.63) is 28.8 Å². The van der Waals surface area contributed by atoms with Crippen LogP contribution in [0, 0.1) is 11.3 Å². The summed E-state index contributed by atoms with van der Waals surface area (Å²) in [5.74, 6) is -0.317. The Kier molecular flexibility index (Phi) is 3.04. The van der Waals surface area contributed by atoms with E-state index in [1.807, 2.05) is 0 Å². The van der Waals surface area contributed by atoms with Crippen LogP contribution >= 0.6 is 11.6 Å². The summed E-state index contributed by atoms with van der Waals surface area (Å²) in [4.78, 5) is 11.0. The van der Waals surface area contributed by atoms with Crippen LogP contribution in [-0.2, 0) is 0 Å². The number of carbonyl (C=O) groups is 1. The SMILES string of the molecule is CC1(C)CC1CNc1cc(Cl)ccc1C(=O)O. The number of carboxylic acid groups (broad SMARTS) is 1. The molecule has 4 heteroatoms. The molecule has 0 radical (unpaired) electrons. The van der Waals surface area contributed by atoms with Gasteiger partial charge < -0.3 is 10.4 Å². The van der Waals surface area contributed by atoms with Crippen molar-refractivity contribution in [1.29, 1.82) is 0 Å². The van der Waals surface area contributed by atoms with E-state index in [2.05, 4.69) is 19.2 Å². The molecule has 0 heterocycles. The van der Waals surface area contributed by atoms with Gasteiger partial charge in [-0.15, -0.1) is 0 Å². The molecule has 0 amide bonds. The molecule has 1 saturated carbocycles. The molecule has 92 valence electrons. The van der Waals surface area contributed by atoms with Crippen LogP contribution in [0.2, 0.25) is 5.02 Å². The number of halogens is 1. The summed E-state index contributed by atoms with van der Waals surface area (Å²) in [6.07, 6.45) is 1.18. The first-order valence-electron chi connectivity index (χ1n) is 5.67. The van der Waals surface area contributed by atoms with Gasteiger partial charge in [-0.3, -0.25) is 0 Å². The minimum absolute atomic E-state index is 0.271. The van der Waals surface area contributed by atoms with Crippen LogP contribution in [-0.4, -0.2) is 17.6 Å². The van der Waals surface area contributed by atoms with Gasteiger partial charge in [0.05, 0.1) is 11.3 Å². The molecule has 2 N–H and O–H groups in total. The zero-order valence-electron chi connectivity index (χ0n) is 9.96. The molecule has 0 bridgehead atoms. The van der Waals surface area contributed by atoms with E-state index in [1.165, 1.54) is 12.5 Å². The molecule has 1 unspecified atom stereocenters. The van der Waals surface area contributed by atoms with Crippen molar-refractivity contribution in [3.8, 4) is 0 Å². The largest absolute Gasteiger partial charge is 0.478 e. The first kappa shape index (κ1) is 12.2. The molecule has 1 aliphatic carbocycles. The summed E-state index contributed by atoms with van der Waals surface area (Å²) in [7, 11) is 0. The fourth-order valence-electron chi connectivity index (χ4n) is 2.01. The Bertz CT molecular complexity index is 457. The van der Waals surface area contributed by atoms with Crippen LogP contribution in [0.4, 0.5) is 5.69 Å². The summed E-state index contributed by atoms with van der Waals surface area (Å²) in [6, 6.07) is 4.79. The average molecular weight is 254 g/mol. The number of hydrogen-bond donors (Lipinski definition) is 2. The Morgan fingerprint density at radius 1 is 1.59 bits per heavy atom. The van der Waals surface area contributed by atoms with Crippen molar-refractivity contribution in [2.45, 2.75) is 20.3 Å². The second-order valence-corrected chi connectivity index (χ2v) is 5.70. The van der Waals surface area contributed by atoms with Gasteiger partial charge in [-0.05, 0) is 36.0 Å². The predicted octanol–water partition coefficient (Wildman–Crippen LogP) is 3.50. The summed E-state index contributed by atoms with van der Waals surface area (Å²) in [6.45, 7) is 5.23. The highest BCUT2D eigenvalue weighted by Gasteiger charge is 2.45. The zero-order valence-corrected chi connectivity index (χ0v) is 10.7.